The molecule has 1 aliphatic rings. The molecule has 0 N–H and O–H groups in total. The zero-order chi connectivity index (χ0) is 6.91. The van der Waals surface area contributed by atoms with E-state index in [9.17, 15) is 0 Å². The maximum Gasteiger partial charge on any atom is 0.169 e. The van der Waals surface area contributed by atoms with Gasteiger partial charge in [-0.05, 0) is 0 Å². The quantitative estimate of drug-likeness (QED) is 0.276. The summed E-state index contributed by atoms with van der Waals surface area (Å²) in [6, 6.07) is 0. The lowest BCUT2D eigenvalue weighted by molar-refractivity contribution is -0.799. The third kappa shape index (κ3) is 1.99. The fraction of sp³-hybridized carbons (Fsp3) is 1.00. The van der Waals surface area contributed by atoms with Gasteiger partial charge in [-0.15, -0.1) is 0 Å². The number of hydrogen-bond acceptors (Lipinski definition) is 1. The van der Waals surface area contributed by atoms with Crippen LogP contribution < -0.4 is 4.90 Å². The van der Waals surface area contributed by atoms with Crippen LogP contribution in [0.1, 0.15) is 0 Å². The molecule has 1 saturated heterocycles. The highest BCUT2D eigenvalue weighted by molar-refractivity contribution is 5.97. The minimum Gasteiger partial charge on any atom is -0.515 e. The van der Waals surface area contributed by atoms with Gasteiger partial charge in [-0.2, -0.15) is 4.90 Å². The summed E-state index contributed by atoms with van der Waals surface area (Å²) in [5.74, 6) is 0. The summed E-state index contributed by atoms with van der Waals surface area (Å²) < 4.78 is 1.45. The van der Waals surface area contributed by atoms with Crippen molar-refractivity contribution in [3.63, 3.8) is 0 Å². The van der Waals surface area contributed by atoms with Gasteiger partial charge in [0.15, 0.2) is 21.1 Å². The van der Waals surface area contributed by atoms with Crippen LogP contribution in [-0.2, 0) is 0 Å². The van der Waals surface area contributed by atoms with Crippen LogP contribution in [-0.4, -0.2) is 52.6 Å². The second-order valence-electron chi connectivity index (χ2n) is 2.61. The fourth-order valence-electron chi connectivity index (χ4n) is 0.906. The molecule has 0 aliphatic carbocycles. The lowest BCUT2D eigenvalue weighted by Crippen LogP contribution is -2.56. The molecule has 0 aromatic heterocycles. The zero-order valence-electron chi connectivity index (χ0n) is 5.72. The van der Waals surface area contributed by atoms with Gasteiger partial charge in [-0.25, -0.2) is 0 Å². The van der Waals surface area contributed by atoms with Crippen LogP contribution in [0.25, 0.3) is 0 Å². The van der Waals surface area contributed by atoms with E-state index in [-0.39, 0.29) is 0 Å². The summed E-state index contributed by atoms with van der Waals surface area (Å²) in [6.07, 6.45) is 0. The lowest BCUT2D eigenvalue weighted by Gasteiger charge is -2.41. The van der Waals surface area contributed by atoms with Crippen LogP contribution in [0.15, 0.2) is 0 Å². The normalized spacial score (nSPS) is 28.3. The molecule has 0 bridgehead atoms. The topological polar surface area (TPSA) is 5.90 Å². The highest BCUT2D eigenvalue weighted by atomic mass is 15.3. The highest BCUT2D eigenvalue weighted by Gasteiger charge is 2.22. The second-order valence-corrected chi connectivity index (χ2v) is 2.61. The monoisotopic (exact) mass is 128 g/mol. The van der Waals surface area contributed by atoms with Gasteiger partial charge in [-0.3, -0.25) is 0 Å². The number of nitrogens with zero attached hydrogens (tertiary/aromatic N) is 2. The largest absolute Gasteiger partial charge is 0.515 e. The Morgan fingerprint density at radius 1 is 1.33 bits per heavy atom. The van der Waals surface area contributed by atoms with E-state index in [1.165, 1.54) is 30.6 Å². The summed E-state index contributed by atoms with van der Waals surface area (Å²) in [7, 11) is 5.15. The predicted octanol–water partition coefficient (Wildman–Crippen LogP) is -1.50. The molecule has 3 heteroatoms. The first-order valence-corrected chi connectivity index (χ1v) is 3.16. The first-order chi connectivity index (χ1) is 4.10. The van der Waals surface area contributed by atoms with Gasteiger partial charge in [0.05, 0.1) is 13.1 Å². The molecule has 0 unspecified atom stereocenters. The molecular weight excluding hydrogens is 111 g/mol. The average molecular weight is 128 g/mol. The molecule has 53 valence electrons. The van der Waals surface area contributed by atoms with Crippen LogP contribution in [0.2, 0.25) is 0 Å². The van der Waals surface area contributed by atoms with Crippen LogP contribution in [0.3, 0.4) is 0 Å². The van der Waals surface area contributed by atoms with Crippen molar-refractivity contribution in [2.75, 3.05) is 40.3 Å². The van der Waals surface area contributed by atoms with E-state index >= 15 is 0 Å². The number of likely N-dealkylation sites (N-methyl/N-ethyl adjacent to an activating group) is 2. The Kier molecular flexibility index (Phi) is 1.82. The fourth-order valence-corrected chi connectivity index (χ4v) is 0.906. The van der Waals surface area contributed by atoms with Crippen molar-refractivity contribution < 1.29 is 4.39 Å². The molecule has 0 aromatic carbocycles. The minimum absolute atomic E-state index is 0.523. The molecule has 1 rings (SSSR count). The predicted molar refractivity (Wildman–Crippen MR) is 43.6 cm³/mol. The van der Waals surface area contributed by atoms with E-state index in [2.05, 4.69) is 19.0 Å². The molecule has 1 radical (unpaired) electrons. The molecule has 1 aliphatic heterocycles. The van der Waals surface area contributed by atoms with Crippen molar-refractivity contribution in [3.05, 3.63) is 0 Å². The van der Waals surface area contributed by atoms with Crippen molar-refractivity contribution >= 4 is 7.98 Å². The molecule has 1 fully saturated rings. The van der Waals surface area contributed by atoms with Crippen molar-refractivity contribution in [3.8, 4) is 0 Å². The molecule has 2 nitrogen and oxygen atoms in total. The molecule has 0 spiro atoms. The van der Waals surface area contributed by atoms with Gasteiger partial charge in [-0.1, -0.05) is 0 Å². The smallest absolute Gasteiger partial charge is 0.169 e. The van der Waals surface area contributed by atoms with Crippen molar-refractivity contribution in [1.82, 2.24) is 4.90 Å². The SMILES string of the molecule is [BH3-][N+]1(C)CC[N+](C)CC1. The van der Waals surface area contributed by atoms with E-state index < -0.39 is 0 Å². The Morgan fingerprint density at radius 2 is 1.78 bits per heavy atom. The molecule has 9 heavy (non-hydrogen) atoms. The number of piperazine rings is 1. The summed E-state index contributed by atoms with van der Waals surface area (Å²) in [4.78, 5) is 2.43. The van der Waals surface area contributed by atoms with Crippen LogP contribution in [0, 0.1) is 0 Å². The molecule has 0 aromatic rings. The Morgan fingerprint density at radius 3 is 2.11 bits per heavy atom. The van der Waals surface area contributed by atoms with Crippen LogP contribution in [0.5, 0.6) is 0 Å². The summed E-state index contributed by atoms with van der Waals surface area (Å²) in [5, 5.41) is 0. The minimum atomic E-state index is 0.523. The number of rotatable bonds is 0. The standard InChI is InChI=1S/C6H17BN2/c1-8-3-5-9(2,7)6-4-8/h3-6H2,1-2,7H3/q+1. The first kappa shape index (κ1) is 7.10. The van der Waals surface area contributed by atoms with E-state index in [0.717, 1.165) is 0 Å². The van der Waals surface area contributed by atoms with Gasteiger partial charge in [0.1, 0.15) is 7.05 Å². The summed E-state index contributed by atoms with van der Waals surface area (Å²) in [6.45, 7) is 5.47. The molecular formula is C6H17BN2+. The molecule has 0 saturated carbocycles. The van der Waals surface area contributed by atoms with E-state index in [1.807, 2.05) is 0 Å². The summed E-state index contributed by atoms with van der Waals surface area (Å²) in [5.41, 5.74) is 0. The number of hydrogen-bond donors (Lipinski definition) is 0. The third-order valence-corrected chi connectivity index (χ3v) is 1.73. The lowest BCUT2D eigenvalue weighted by atomic mass is 10.1. The van der Waals surface area contributed by atoms with E-state index in [1.54, 1.807) is 0 Å². The molecule has 1 heterocycles. The van der Waals surface area contributed by atoms with Gasteiger partial charge >= 0.3 is 0 Å². The maximum absolute atomic E-state index is 2.43. The van der Waals surface area contributed by atoms with Crippen molar-refractivity contribution in [1.29, 1.82) is 0 Å². The van der Waals surface area contributed by atoms with Crippen molar-refractivity contribution in [2.45, 2.75) is 0 Å². The molecule has 0 atom stereocenters. The highest BCUT2D eigenvalue weighted by Crippen LogP contribution is 2.00. The van der Waals surface area contributed by atoms with Gasteiger partial charge < -0.3 is 4.39 Å². The Bertz CT molecular complexity index is 93.2. The Balaban J connectivity index is 2.35. The Labute approximate surface area is 58.5 Å². The van der Waals surface area contributed by atoms with Crippen LogP contribution >= 0.6 is 0 Å². The van der Waals surface area contributed by atoms with Gasteiger partial charge in [0.25, 0.3) is 0 Å². The second kappa shape index (κ2) is 2.31. The third-order valence-electron chi connectivity index (χ3n) is 1.73. The zero-order valence-corrected chi connectivity index (χ0v) is 5.72. The van der Waals surface area contributed by atoms with E-state index in [4.69, 9.17) is 0 Å². The van der Waals surface area contributed by atoms with Crippen molar-refractivity contribution in [2.24, 2.45) is 0 Å². The van der Waals surface area contributed by atoms with E-state index in [0.29, 0.717) is 7.98 Å². The first-order valence-electron chi connectivity index (χ1n) is 3.16. The number of quaternary nitrogens is 1. The van der Waals surface area contributed by atoms with Gasteiger partial charge in [0, 0.05) is 7.05 Å². The van der Waals surface area contributed by atoms with Crippen LogP contribution in [0.4, 0.5) is 0 Å². The molecule has 0 amide bonds. The summed E-state index contributed by atoms with van der Waals surface area (Å²) >= 11 is 0. The Hall–Kier alpha value is -0.0151. The average Bonchev–Trinajstić information content (AvgIpc) is 1.78. The maximum atomic E-state index is 2.43. The van der Waals surface area contributed by atoms with Gasteiger partial charge in [0.2, 0.25) is 0 Å².